The summed E-state index contributed by atoms with van der Waals surface area (Å²) in [5.74, 6) is 5.61. The first-order valence-electron chi connectivity index (χ1n) is 21.3. The number of aliphatic hydroxyl groups excluding tert-OH is 2. The second-order valence-corrected chi connectivity index (χ2v) is 16.2. The lowest BCUT2D eigenvalue weighted by Gasteiger charge is -2.33. The summed E-state index contributed by atoms with van der Waals surface area (Å²) in [6.07, 6.45) is 2.03. The van der Waals surface area contributed by atoms with Crippen LogP contribution in [0.2, 0.25) is 0 Å². The van der Waals surface area contributed by atoms with Gasteiger partial charge in [-0.2, -0.15) is 0 Å². The van der Waals surface area contributed by atoms with E-state index in [1.807, 2.05) is 62.4 Å². The van der Waals surface area contributed by atoms with Crippen molar-refractivity contribution in [3.8, 4) is 0 Å². The molecule has 2 aromatic rings. The van der Waals surface area contributed by atoms with Gasteiger partial charge in [0.1, 0.15) is 12.2 Å². The van der Waals surface area contributed by atoms with E-state index in [2.05, 4.69) is 18.8 Å². The van der Waals surface area contributed by atoms with E-state index < -0.39 is 44.3 Å². The summed E-state index contributed by atoms with van der Waals surface area (Å²) in [5, 5.41) is 25.2. The SMILES string of the molecule is C=CN(C(N)=O)C1OC(CC)C(OP(=O)(O)OCC(CO)CCCCNC(=O)CCC(=O)N2Cc3ccccc3/C(N(N)CCCCCC)=C(/N)c3ccccc32)C1O.CC. The number of nitrogens with one attached hydrogen (secondary N) is 1. The third-order valence-electron chi connectivity index (χ3n) is 10.5. The summed E-state index contributed by atoms with van der Waals surface area (Å²) in [6.45, 7) is 11.9. The number of carbonyl (C=O) groups is 3. The number of hydrogen-bond donors (Lipinski definition) is 7. The van der Waals surface area contributed by atoms with Gasteiger partial charge in [0, 0.05) is 55.8 Å². The summed E-state index contributed by atoms with van der Waals surface area (Å²) in [7, 11) is -4.74. The topological polar surface area (TPSA) is 256 Å². The number of aliphatic hydroxyl groups is 2. The molecule has 0 saturated carbocycles. The Morgan fingerprint density at radius 1 is 1.05 bits per heavy atom. The van der Waals surface area contributed by atoms with Crippen LogP contribution in [0.4, 0.5) is 10.5 Å². The fourth-order valence-electron chi connectivity index (χ4n) is 7.27. The highest BCUT2D eigenvalue weighted by atomic mass is 31.2. The van der Waals surface area contributed by atoms with Gasteiger partial charge in [0.15, 0.2) is 6.23 Å². The van der Waals surface area contributed by atoms with Gasteiger partial charge in [0.2, 0.25) is 11.8 Å². The van der Waals surface area contributed by atoms with Crippen LogP contribution in [-0.2, 0) is 34.5 Å². The molecule has 6 unspecified atom stereocenters. The molecule has 0 spiro atoms. The lowest BCUT2D eigenvalue weighted by molar-refractivity contribution is -0.125. The second-order valence-electron chi connectivity index (χ2n) is 14.8. The molecule has 340 valence electrons. The Morgan fingerprint density at radius 3 is 2.39 bits per heavy atom. The molecule has 0 radical (unpaired) electrons. The standard InChI is InChI=1S/C41H62N7O10P.C2H6/c1-4-7-8-15-24-48(44)37-30-18-10-9-17-29(30)25-47(32-20-12-11-19-31(32)36(37)42)35(51)22-21-34(50)45-23-14-13-16-28(26-49)27-56-59(54,55)58-39-33(5-2)57-40(38(39)52)46(6-3)41(43)53;1-2/h6,9-12,17-20,28,33,38-40,49,52H,3-5,7-8,13-16,21-27,42,44H2,1-2H3,(H2,43,53)(H,45,50)(H,54,55);1-2H3/b37-36-;. The Hall–Kier alpha value is -4.32. The molecular formula is C43H68N7O10P. The number of nitrogens with two attached hydrogens (primary N) is 3. The number of urea groups is 1. The number of nitrogens with zero attached hydrogens (tertiary/aromatic N) is 3. The Balaban J connectivity index is 0.00000489. The fraction of sp³-hybridized carbons (Fsp3) is 0.558. The highest BCUT2D eigenvalue weighted by Crippen LogP contribution is 2.48. The van der Waals surface area contributed by atoms with E-state index in [1.54, 1.807) is 16.8 Å². The molecule has 0 bridgehead atoms. The van der Waals surface area contributed by atoms with Gasteiger partial charge in [-0.05, 0) is 37.3 Å². The van der Waals surface area contributed by atoms with Crippen LogP contribution in [0, 0.1) is 5.92 Å². The average Bonchev–Trinajstić information content (AvgIpc) is 3.55. The summed E-state index contributed by atoms with van der Waals surface area (Å²) in [6, 6.07) is 14.3. The van der Waals surface area contributed by atoms with Gasteiger partial charge in [-0.1, -0.05) is 102 Å². The first-order valence-corrected chi connectivity index (χ1v) is 22.8. The molecule has 2 aliphatic rings. The molecule has 18 heteroatoms. The monoisotopic (exact) mass is 873 g/mol. The van der Waals surface area contributed by atoms with Crippen molar-refractivity contribution in [1.82, 2.24) is 15.2 Å². The minimum Gasteiger partial charge on any atom is -0.396 e. The molecule has 10 N–H and O–H groups in total. The maximum atomic E-state index is 13.8. The van der Waals surface area contributed by atoms with Crippen LogP contribution >= 0.6 is 7.82 Å². The number of phosphoric ester groups is 1. The van der Waals surface area contributed by atoms with Crippen LogP contribution in [0.5, 0.6) is 0 Å². The predicted molar refractivity (Wildman–Crippen MR) is 235 cm³/mol. The molecule has 2 aromatic carbocycles. The van der Waals surface area contributed by atoms with Crippen molar-refractivity contribution in [3.63, 3.8) is 0 Å². The molecule has 6 atom stereocenters. The van der Waals surface area contributed by atoms with Crippen LogP contribution in [0.15, 0.2) is 61.3 Å². The molecule has 4 rings (SSSR count). The number of hydrazine groups is 1. The molecule has 2 heterocycles. The van der Waals surface area contributed by atoms with Gasteiger partial charge >= 0.3 is 13.9 Å². The number of para-hydroxylation sites is 1. The molecule has 1 saturated heterocycles. The van der Waals surface area contributed by atoms with E-state index in [4.69, 9.17) is 31.1 Å². The number of benzene rings is 2. The number of anilines is 1. The highest BCUT2D eigenvalue weighted by Gasteiger charge is 2.50. The van der Waals surface area contributed by atoms with Crippen molar-refractivity contribution in [2.45, 2.75) is 123 Å². The molecule has 0 aromatic heterocycles. The quantitative estimate of drug-likeness (QED) is 0.0324. The zero-order chi connectivity index (χ0) is 45.1. The number of rotatable bonds is 23. The summed E-state index contributed by atoms with van der Waals surface area (Å²) >= 11 is 0. The Labute approximate surface area is 360 Å². The lowest BCUT2D eigenvalue weighted by Crippen LogP contribution is -2.46. The maximum absolute atomic E-state index is 13.8. The zero-order valence-corrected chi connectivity index (χ0v) is 37.0. The average molecular weight is 874 g/mol. The van der Waals surface area contributed by atoms with E-state index >= 15 is 0 Å². The molecular weight excluding hydrogens is 805 g/mol. The van der Waals surface area contributed by atoms with Crippen molar-refractivity contribution in [1.29, 1.82) is 0 Å². The van der Waals surface area contributed by atoms with Gasteiger partial charge in [-0.3, -0.25) is 23.5 Å². The highest BCUT2D eigenvalue weighted by molar-refractivity contribution is 7.47. The van der Waals surface area contributed by atoms with Crippen molar-refractivity contribution < 1.29 is 47.8 Å². The summed E-state index contributed by atoms with van der Waals surface area (Å²) in [4.78, 5) is 51.4. The van der Waals surface area contributed by atoms with Gasteiger partial charge in [0.05, 0.1) is 36.3 Å². The van der Waals surface area contributed by atoms with Crippen LogP contribution in [0.3, 0.4) is 0 Å². The number of amides is 4. The van der Waals surface area contributed by atoms with Gasteiger partial charge in [-0.25, -0.2) is 15.2 Å². The molecule has 2 aliphatic heterocycles. The Bertz CT molecular complexity index is 1820. The number of carbonyl (C=O) groups excluding carboxylic acids is 3. The van der Waals surface area contributed by atoms with Crippen LogP contribution in [-0.4, -0.2) is 93.7 Å². The lowest BCUT2D eigenvalue weighted by atomic mass is 9.95. The normalized spacial score (nSPS) is 21.0. The Kier molecular flexibility index (Phi) is 21.4. The van der Waals surface area contributed by atoms with E-state index in [1.165, 1.54) is 0 Å². The summed E-state index contributed by atoms with van der Waals surface area (Å²) < 4.78 is 28.9. The fourth-order valence-corrected chi connectivity index (χ4v) is 8.30. The zero-order valence-electron chi connectivity index (χ0n) is 36.1. The molecule has 1 fully saturated rings. The van der Waals surface area contributed by atoms with Crippen molar-refractivity contribution >= 4 is 42.7 Å². The molecule has 4 amide bonds. The number of ether oxygens (including phenoxy) is 1. The van der Waals surface area contributed by atoms with E-state index in [0.717, 1.165) is 53.6 Å². The van der Waals surface area contributed by atoms with Gasteiger partial charge < -0.3 is 46.5 Å². The third kappa shape index (κ3) is 14.4. The van der Waals surface area contributed by atoms with Gasteiger partial charge in [-0.15, -0.1) is 0 Å². The van der Waals surface area contributed by atoms with Crippen molar-refractivity contribution in [2.75, 3.05) is 31.2 Å². The molecule has 17 nitrogen and oxygen atoms in total. The van der Waals surface area contributed by atoms with Crippen LogP contribution in [0.1, 0.15) is 109 Å². The largest absolute Gasteiger partial charge is 0.472 e. The number of unbranched alkanes of at least 4 members (excludes halogenated alkanes) is 4. The van der Waals surface area contributed by atoms with Crippen LogP contribution in [0.25, 0.3) is 11.4 Å². The van der Waals surface area contributed by atoms with Gasteiger partial charge in [0.25, 0.3) is 0 Å². The smallest absolute Gasteiger partial charge is 0.396 e. The summed E-state index contributed by atoms with van der Waals surface area (Å²) in [5.41, 5.74) is 16.4. The predicted octanol–water partition coefficient (Wildman–Crippen LogP) is 5.30. The number of hydrogen-bond acceptors (Lipinski definition) is 12. The van der Waals surface area contributed by atoms with Crippen molar-refractivity contribution in [2.24, 2.45) is 23.2 Å². The Morgan fingerprint density at radius 2 is 1.74 bits per heavy atom. The van der Waals surface area contributed by atoms with E-state index in [9.17, 15) is 34.1 Å². The first-order chi connectivity index (χ1) is 29.3. The van der Waals surface area contributed by atoms with E-state index in [0.29, 0.717) is 49.3 Å². The second kappa shape index (κ2) is 25.6. The van der Waals surface area contributed by atoms with Crippen molar-refractivity contribution in [3.05, 3.63) is 78.0 Å². The number of fused-ring (bicyclic) bond motifs is 2. The van der Waals surface area contributed by atoms with E-state index in [-0.39, 0.29) is 50.8 Å². The van der Waals surface area contributed by atoms with Crippen LogP contribution < -0.4 is 27.5 Å². The maximum Gasteiger partial charge on any atom is 0.472 e. The first kappa shape index (κ1) is 51.0. The minimum absolute atomic E-state index is 0.0303. The third-order valence-corrected chi connectivity index (χ3v) is 11.5. The molecule has 61 heavy (non-hydrogen) atoms. The molecule has 0 aliphatic carbocycles. The minimum atomic E-state index is -4.74. The number of primary amides is 1. The number of phosphoric acid groups is 1.